The number of alkyl halides is 3. The van der Waals surface area contributed by atoms with Gasteiger partial charge in [-0.05, 0) is 17.7 Å². The van der Waals surface area contributed by atoms with Crippen molar-refractivity contribution in [3.8, 4) is 0 Å². The van der Waals surface area contributed by atoms with Gasteiger partial charge in [-0.1, -0.05) is 6.07 Å². The van der Waals surface area contributed by atoms with Gasteiger partial charge in [-0.15, -0.1) is 0 Å². The Morgan fingerprint density at radius 1 is 1.26 bits per heavy atom. The van der Waals surface area contributed by atoms with E-state index in [1.54, 1.807) is 0 Å². The number of amidine groups is 1. The molecular weight excluding hydrogens is 345 g/mol. The van der Waals surface area contributed by atoms with Crippen molar-refractivity contribution in [2.45, 2.75) is 30.6 Å². The summed E-state index contributed by atoms with van der Waals surface area (Å²) in [6.45, 7) is 0. The molecule has 0 amide bonds. The molecule has 0 saturated carbocycles. The van der Waals surface area contributed by atoms with Gasteiger partial charge in [0.25, 0.3) is 9.84 Å². The van der Waals surface area contributed by atoms with Crippen LogP contribution in [0, 0.1) is 11.6 Å². The molecule has 2 heterocycles. The minimum atomic E-state index is -5.00. The number of aliphatic imine (C=N–C) groups is 1. The number of hydrazine groups is 1. The van der Waals surface area contributed by atoms with Crippen LogP contribution in [0.25, 0.3) is 0 Å². The number of rotatable bonds is 2. The number of nitrogens with zero attached hydrogens (tertiary/aromatic N) is 2. The van der Waals surface area contributed by atoms with Crippen molar-refractivity contribution < 1.29 is 30.4 Å². The Bertz CT molecular complexity index is 770. The van der Waals surface area contributed by atoms with Gasteiger partial charge in [-0.2, -0.15) is 13.8 Å². The lowest BCUT2D eigenvalue weighted by Gasteiger charge is -2.23. The highest BCUT2D eigenvalue weighted by Gasteiger charge is 2.49. The first-order valence-corrected chi connectivity index (χ1v) is 8.00. The Morgan fingerprint density at radius 3 is 2.57 bits per heavy atom. The van der Waals surface area contributed by atoms with Crippen LogP contribution in [0.5, 0.6) is 0 Å². The van der Waals surface area contributed by atoms with Gasteiger partial charge in [0.1, 0.15) is 6.17 Å². The minimum absolute atomic E-state index is 0.172. The molecule has 0 aliphatic carbocycles. The molecule has 3 rings (SSSR count). The molecular formula is C12H10F5N3O2S. The first-order valence-electron chi connectivity index (χ1n) is 6.45. The smallest absolute Gasteiger partial charge is 0.291 e. The summed E-state index contributed by atoms with van der Waals surface area (Å²) in [5.74, 6) is -5.94. The summed E-state index contributed by atoms with van der Waals surface area (Å²) in [5.41, 5.74) is 2.32. The van der Waals surface area contributed by atoms with E-state index in [-0.39, 0.29) is 12.0 Å². The lowest BCUT2D eigenvalue weighted by Crippen LogP contribution is -2.43. The number of nitrogens with one attached hydrogen (secondary N) is 1. The van der Waals surface area contributed by atoms with Crippen LogP contribution < -0.4 is 5.43 Å². The maximum Gasteiger partial charge on any atom is 0.344 e. The van der Waals surface area contributed by atoms with Crippen molar-refractivity contribution in [2.75, 3.05) is 0 Å². The van der Waals surface area contributed by atoms with Crippen LogP contribution in [0.15, 0.2) is 23.2 Å². The standard InChI is InChI=1S/C12H10F5N3O2S/c13-6-2-1-5(3-7(6)14)9-4-8(15)10-18-12(19-20(9)10)23(21,22)11(16)17/h1-3,8-11H,4H2,(H,18,19)/t8-,9-,10?/m0/s1. The van der Waals surface area contributed by atoms with Crippen LogP contribution in [0.3, 0.4) is 0 Å². The molecule has 1 fully saturated rings. The van der Waals surface area contributed by atoms with Gasteiger partial charge in [-0.3, -0.25) is 5.43 Å². The van der Waals surface area contributed by atoms with E-state index < -0.39 is 50.8 Å². The van der Waals surface area contributed by atoms with Crippen LogP contribution in [0.1, 0.15) is 18.0 Å². The van der Waals surface area contributed by atoms with E-state index in [2.05, 4.69) is 10.4 Å². The fourth-order valence-corrected chi connectivity index (χ4v) is 3.25. The summed E-state index contributed by atoms with van der Waals surface area (Å²) in [6.07, 6.45) is -3.14. The topological polar surface area (TPSA) is 61.8 Å². The predicted molar refractivity (Wildman–Crippen MR) is 69.7 cm³/mol. The van der Waals surface area contributed by atoms with Crippen molar-refractivity contribution in [3.05, 3.63) is 35.4 Å². The summed E-state index contributed by atoms with van der Waals surface area (Å²) < 4.78 is 88.2. The molecule has 1 aromatic rings. The summed E-state index contributed by atoms with van der Waals surface area (Å²) >= 11 is 0. The van der Waals surface area contributed by atoms with Gasteiger partial charge in [0.2, 0.25) is 5.17 Å². The minimum Gasteiger partial charge on any atom is -0.291 e. The van der Waals surface area contributed by atoms with E-state index >= 15 is 0 Å². The third-order valence-electron chi connectivity index (χ3n) is 3.70. The van der Waals surface area contributed by atoms with Crippen LogP contribution in [-0.4, -0.2) is 36.7 Å². The molecule has 3 atom stereocenters. The normalized spacial score (nSPS) is 27.9. The summed E-state index contributed by atoms with van der Waals surface area (Å²) in [6, 6.07) is 2.02. The van der Waals surface area contributed by atoms with Crippen molar-refractivity contribution in [1.29, 1.82) is 0 Å². The number of halogens is 5. The van der Waals surface area contributed by atoms with Crippen LogP contribution in [0.4, 0.5) is 22.0 Å². The SMILES string of the molecule is O=S(=O)(C1=NC2[C@@H](F)C[C@@H](c3ccc(F)c(F)c3)N2N1)C(F)F. The van der Waals surface area contributed by atoms with Gasteiger partial charge < -0.3 is 0 Å². The second-order valence-corrected chi connectivity index (χ2v) is 6.95. The molecule has 5 nitrogen and oxygen atoms in total. The van der Waals surface area contributed by atoms with Gasteiger partial charge in [0.15, 0.2) is 17.8 Å². The third-order valence-corrected chi connectivity index (χ3v) is 4.90. The number of benzene rings is 1. The Hall–Kier alpha value is -1.75. The average molecular weight is 355 g/mol. The Labute approximate surface area is 127 Å². The number of hydrogen-bond donors (Lipinski definition) is 1. The molecule has 1 saturated heterocycles. The fourth-order valence-electron chi connectivity index (χ4n) is 2.59. The number of sulfone groups is 1. The van der Waals surface area contributed by atoms with Gasteiger partial charge in [-0.25, -0.2) is 26.6 Å². The molecule has 1 unspecified atom stereocenters. The highest BCUT2D eigenvalue weighted by Crippen LogP contribution is 2.39. The van der Waals surface area contributed by atoms with E-state index in [0.29, 0.717) is 0 Å². The molecule has 0 radical (unpaired) electrons. The monoisotopic (exact) mass is 355 g/mol. The molecule has 1 aromatic carbocycles. The van der Waals surface area contributed by atoms with E-state index in [9.17, 15) is 30.4 Å². The maximum absolute atomic E-state index is 14.0. The van der Waals surface area contributed by atoms with E-state index in [1.807, 2.05) is 0 Å². The van der Waals surface area contributed by atoms with Crippen LogP contribution >= 0.6 is 0 Å². The third kappa shape index (κ3) is 2.57. The molecule has 0 aromatic heterocycles. The van der Waals surface area contributed by atoms with Gasteiger partial charge in [0, 0.05) is 6.42 Å². The largest absolute Gasteiger partial charge is 0.344 e. The zero-order chi connectivity index (χ0) is 16.9. The molecule has 2 aliphatic rings. The Balaban J connectivity index is 1.91. The molecule has 2 aliphatic heterocycles. The van der Waals surface area contributed by atoms with Gasteiger partial charge in [0.05, 0.1) is 6.04 Å². The van der Waals surface area contributed by atoms with E-state index in [1.165, 1.54) is 6.07 Å². The van der Waals surface area contributed by atoms with E-state index in [0.717, 1.165) is 17.1 Å². The molecule has 0 bridgehead atoms. The van der Waals surface area contributed by atoms with Crippen molar-refractivity contribution >= 4 is 15.0 Å². The fraction of sp³-hybridized carbons (Fsp3) is 0.417. The Morgan fingerprint density at radius 2 is 1.96 bits per heavy atom. The molecule has 0 spiro atoms. The summed E-state index contributed by atoms with van der Waals surface area (Å²) in [4.78, 5) is 3.46. The Kier molecular flexibility index (Phi) is 3.79. The molecule has 11 heteroatoms. The zero-order valence-corrected chi connectivity index (χ0v) is 12.1. The first-order chi connectivity index (χ1) is 10.7. The maximum atomic E-state index is 14.0. The quantitative estimate of drug-likeness (QED) is 0.823. The van der Waals surface area contributed by atoms with E-state index in [4.69, 9.17) is 0 Å². The second-order valence-electron chi connectivity index (χ2n) is 5.11. The molecule has 126 valence electrons. The van der Waals surface area contributed by atoms with Crippen molar-refractivity contribution in [1.82, 2.24) is 10.4 Å². The number of fused-ring (bicyclic) bond motifs is 1. The number of hydrogen-bond acceptors (Lipinski definition) is 5. The van der Waals surface area contributed by atoms with Gasteiger partial charge >= 0.3 is 5.76 Å². The molecule has 23 heavy (non-hydrogen) atoms. The average Bonchev–Trinajstić information content (AvgIpc) is 3.03. The van der Waals surface area contributed by atoms with Crippen molar-refractivity contribution in [2.24, 2.45) is 4.99 Å². The predicted octanol–water partition coefficient (Wildman–Crippen LogP) is 1.89. The summed E-state index contributed by atoms with van der Waals surface area (Å²) in [7, 11) is -5.00. The highest BCUT2D eigenvalue weighted by molar-refractivity contribution is 8.06. The lowest BCUT2D eigenvalue weighted by molar-refractivity contribution is 0.160. The second kappa shape index (κ2) is 5.41. The summed E-state index contributed by atoms with van der Waals surface area (Å²) in [5, 5.41) is -0.0143. The highest BCUT2D eigenvalue weighted by atomic mass is 32.2. The van der Waals surface area contributed by atoms with Crippen LogP contribution in [0.2, 0.25) is 0 Å². The van der Waals surface area contributed by atoms with Crippen molar-refractivity contribution in [3.63, 3.8) is 0 Å². The zero-order valence-electron chi connectivity index (χ0n) is 11.3. The first kappa shape index (κ1) is 16.1. The lowest BCUT2D eigenvalue weighted by atomic mass is 10.0. The van der Waals surface area contributed by atoms with Crippen LogP contribution in [-0.2, 0) is 9.84 Å². The molecule has 1 N–H and O–H groups in total.